The number of furan rings is 1. The number of carbonyl (C=O) groups is 1. The number of Topliss-reactive ketones (excluding diaryl/α,β-unsaturated/α-hetero) is 1. The van der Waals surface area contributed by atoms with Crippen molar-refractivity contribution in [2.45, 2.75) is 33.4 Å². The van der Waals surface area contributed by atoms with E-state index in [-0.39, 0.29) is 5.78 Å². The molecule has 2 aromatic heterocycles. The summed E-state index contributed by atoms with van der Waals surface area (Å²) in [5, 5.41) is 2.98. The number of aryl methyl sites for hydroxylation is 2. The van der Waals surface area contributed by atoms with Gasteiger partial charge in [0.25, 0.3) is 0 Å². The number of rotatable bonds is 5. The minimum absolute atomic E-state index is 0.0333. The zero-order valence-electron chi connectivity index (χ0n) is 16.7. The van der Waals surface area contributed by atoms with Gasteiger partial charge in [0.1, 0.15) is 23.6 Å². The van der Waals surface area contributed by atoms with Crippen LogP contribution >= 0.6 is 0 Å². The molecule has 5 rings (SSSR count). The van der Waals surface area contributed by atoms with Gasteiger partial charge in [-0.1, -0.05) is 24.3 Å². The molecule has 1 N–H and O–H groups in total. The van der Waals surface area contributed by atoms with Crippen LogP contribution in [0.5, 0.6) is 5.75 Å². The Morgan fingerprint density at radius 2 is 2.10 bits per heavy atom. The highest BCUT2D eigenvalue weighted by Gasteiger charge is 2.30. The molecular weight excluding hydrogens is 366 g/mol. The van der Waals surface area contributed by atoms with Gasteiger partial charge in [0, 0.05) is 41.5 Å². The molecule has 29 heavy (non-hydrogen) atoms. The molecule has 4 aromatic rings. The summed E-state index contributed by atoms with van der Waals surface area (Å²) in [6, 6.07) is 8.13. The van der Waals surface area contributed by atoms with Crippen LogP contribution in [0, 0.1) is 6.92 Å². The number of hydrogen-bond donors (Lipinski definition) is 1. The Morgan fingerprint density at radius 3 is 2.86 bits per heavy atom. The number of imidazole rings is 1. The van der Waals surface area contributed by atoms with Crippen molar-refractivity contribution in [2.24, 2.45) is 0 Å². The largest absolute Gasteiger partial charge is 0.460 e. The minimum atomic E-state index is 0.0333. The van der Waals surface area contributed by atoms with Gasteiger partial charge in [-0.05, 0) is 13.8 Å². The van der Waals surface area contributed by atoms with Gasteiger partial charge in [-0.15, -0.1) is 0 Å². The number of ether oxygens (including phenoxy) is 1. The predicted octanol–water partition coefficient (Wildman–Crippen LogP) is 3.12. The van der Waals surface area contributed by atoms with Crippen molar-refractivity contribution in [1.82, 2.24) is 9.55 Å². The number of ketones is 1. The quantitative estimate of drug-likeness (QED) is 0.532. The van der Waals surface area contributed by atoms with Crippen molar-refractivity contribution in [1.29, 1.82) is 0 Å². The third-order valence-corrected chi connectivity index (χ3v) is 5.78. The Balaban J connectivity index is 1.56. The molecule has 0 fully saturated rings. The Kier molecular flexibility index (Phi) is 4.36. The first-order valence-corrected chi connectivity index (χ1v) is 10.0. The highest BCUT2D eigenvalue weighted by Crippen LogP contribution is 2.42. The van der Waals surface area contributed by atoms with E-state index in [1.54, 1.807) is 13.1 Å². The molecule has 0 spiro atoms. The van der Waals surface area contributed by atoms with Gasteiger partial charge < -0.3 is 13.7 Å². The lowest BCUT2D eigenvalue weighted by Gasteiger charge is -2.28. The maximum atomic E-state index is 12.4. The molecule has 0 aliphatic carbocycles. The molecule has 0 bridgehead atoms. The highest BCUT2D eigenvalue weighted by molar-refractivity contribution is 6.17. The number of nitrogens with zero attached hydrogens (tertiary/aromatic N) is 2. The summed E-state index contributed by atoms with van der Waals surface area (Å²) in [7, 11) is 0. The first-order valence-electron chi connectivity index (χ1n) is 10.0. The van der Waals surface area contributed by atoms with Gasteiger partial charge in [0.15, 0.2) is 5.78 Å². The number of aromatic nitrogens is 2. The second-order valence-electron chi connectivity index (χ2n) is 7.77. The van der Waals surface area contributed by atoms with Crippen LogP contribution in [-0.2, 0) is 13.1 Å². The third-order valence-electron chi connectivity index (χ3n) is 5.78. The lowest BCUT2D eigenvalue weighted by molar-refractivity contribution is -0.932. The van der Waals surface area contributed by atoms with Crippen LogP contribution in [0.2, 0.25) is 0 Å². The first kappa shape index (κ1) is 17.9. The van der Waals surface area contributed by atoms with E-state index in [0.29, 0.717) is 18.1 Å². The fraction of sp³-hybridized carbons (Fsp3) is 0.304. The van der Waals surface area contributed by atoms with Gasteiger partial charge in [-0.3, -0.25) is 9.69 Å². The van der Waals surface area contributed by atoms with Crippen molar-refractivity contribution in [3.8, 4) is 5.75 Å². The molecule has 148 valence electrons. The van der Waals surface area contributed by atoms with Gasteiger partial charge in [0.05, 0.1) is 24.0 Å². The van der Waals surface area contributed by atoms with Crippen LogP contribution in [0.3, 0.4) is 0 Å². The molecule has 0 radical (unpaired) electrons. The van der Waals surface area contributed by atoms with Crippen molar-refractivity contribution < 1.29 is 18.8 Å². The maximum Gasteiger partial charge on any atom is 0.222 e. The number of quaternary nitrogens is 1. The van der Waals surface area contributed by atoms with Crippen molar-refractivity contribution >= 4 is 27.5 Å². The average Bonchev–Trinajstić information content (AvgIpc) is 3.35. The molecule has 1 atom stereocenters. The Morgan fingerprint density at radius 1 is 1.28 bits per heavy atom. The third kappa shape index (κ3) is 3.00. The molecule has 2 aromatic carbocycles. The van der Waals surface area contributed by atoms with Gasteiger partial charge >= 0.3 is 0 Å². The number of nitrogens with one attached hydrogen (secondary N) is 1. The van der Waals surface area contributed by atoms with E-state index in [1.165, 1.54) is 4.90 Å². The Labute approximate surface area is 168 Å². The standard InChI is InChI=1S/C23H23N3O3/c1-15(27)20-16(2)29-23-18-7-4-3-6-17(18)22-19(21(20)23)12-26(14-28-22)10-5-9-25-11-8-24-13-25/h3-4,6-8,11,13H,5,9-10,12,14H2,1-2H3/p+1. The van der Waals surface area contributed by atoms with Gasteiger partial charge in [-0.2, -0.15) is 0 Å². The second kappa shape index (κ2) is 7.04. The van der Waals surface area contributed by atoms with Crippen LogP contribution in [-0.4, -0.2) is 28.6 Å². The zero-order chi connectivity index (χ0) is 20.0. The number of benzene rings is 2. The number of fused-ring (bicyclic) bond motifs is 6. The average molecular weight is 390 g/mol. The normalized spacial score (nSPS) is 16.1. The summed E-state index contributed by atoms with van der Waals surface area (Å²) in [5.41, 5.74) is 2.57. The van der Waals surface area contributed by atoms with Crippen molar-refractivity contribution in [3.63, 3.8) is 0 Å². The maximum absolute atomic E-state index is 12.4. The summed E-state index contributed by atoms with van der Waals surface area (Å²) >= 11 is 0. The zero-order valence-corrected chi connectivity index (χ0v) is 16.7. The fourth-order valence-electron chi connectivity index (χ4n) is 4.50. The summed E-state index contributed by atoms with van der Waals surface area (Å²) in [6.07, 6.45) is 6.67. The van der Waals surface area contributed by atoms with Crippen molar-refractivity contribution in [2.75, 3.05) is 13.3 Å². The van der Waals surface area contributed by atoms with E-state index in [9.17, 15) is 4.79 Å². The number of carbonyl (C=O) groups excluding carboxylic acids is 1. The van der Waals surface area contributed by atoms with E-state index in [2.05, 4.69) is 15.6 Å². The van der Waals surface area contributed by atoms with Crippen LogP contribution in [0.15, 0.2) is 47.4 Å². The molecule has 6 heteroatoms. The molecule has 1 aliphatic heterocycles. The molecule has 1 aliphatic rings. The molecule has 1 unspecified atom stereocenters. The van der Waals surface area contributed by atoms with E-state index in [0.717, 1.165) is 59.1 Å². The van der Waals surface area contributed by atoms with Crippen LogP contribution in [0.1, 0.15) is 35.0 Å². The SMILES string of the molecule is CC(=O)c1c(C)oc2c1c1c(c3ccccc32)OC[NH+](CCCn2ccnc2)C1. The van der Waals surface area contributed by atoms with Crippen LogP contribution < -0.4 is 9.64 Å². The minimum Gasteiger partial charge on any atom is -0.460 e. The Hall–Kier alpha value is -3.12. The highest BCUT2D eigenvalue weighted by atomic mass is 16.5. The molecule has 0 amide bonds. The summed E-state index contributed by atoms with van der Waals surface area (Å²) in [4.78, 5) is 17.9. The smallest absolute Gasteiger partial charge is 0.222 e. The van der Waals surface area contributed by atoms with E-state index >= 15 is 0 Å². The molecule has 3 heterocycles. The molecule has 0 saturated heterocycles. The van der Waals surface area contributed by atoms with Gasteiger partial charge in [0.2, 0.25) is 6.73 Å². The van der Waals surface area contributed by atoms with E-state index in [4.69, 9.17) is 9.15 Å². The Bertz CT molecular complexity index is 1210. The topological polar surface area (TPSA) is 61.7 Å². The summed E-state index contributed by atoms with van der Waals surface area (Å²) in [6.45, 7) is 6.85. The lowest BCUT2D eigenvalue weighted by Crippen LogP contribution is -3.12. The van der Waals surface area contributed by atoms with Crippen LogP contribution in [0.25, 0.3) is 21.7 Å². The lowest BCUT2D eigenvalue weighted by atomic mass is 9.95. The predicted molar refractivity (Wildman–Crippen MR) is 110 cm³/mol. The molecular formula is C23H24N3O3+. The number of hydrogen-bond acceptors (Lipinski definition) is 4. The molecule has 6 nitrogen and oxygen atoms in total. The van der Waals surface area contributed by atoms with Gasteiger partial charge in [-0.25, -0.2) is 4.98 Å². The summed E-state index contributed by atoms with van der Waals surface area (Å²) in [5.74, 6) is 1.61. The fourth-order valence-corrected chi connectivity index (χ4v) is 4.50. The van der Waals surface area contributed by atoms with E-state index < -0.39 is 0 Å². The first-order chi connectivity index (χ1) is 14.1. The second-order valence-corrected chi connectivity index (χ2v) is 7.77. The van der Waals surface area contributed by atoms with E-state index in [1.807, 2.05) is 37.6 Å². The monoisotopic (exact) mass is 390 g/mol. The van der Waals surface area contributed by atoms with Crippen LogP contribution in [0.4, 0.5) is 0 Å². The summed E-state index contributed by atoms with van der Waals surface area (Å²) < 4.78 is 14.5. The van der Waals surface area contributed by atoms with Crippen molar-refractivity contribution in [3.05, 3.63) is 59.9 Å². The molecule has 0 saturated carbocycles.